The first-order valence-electron chi connectivity index (χ1n) is 2.95. The SMILES string of the molecule is O=C(c1cnon1)N1CC1. The smallest absolute Gasteiger partial charge is 0.277 e. The molecule has 0 aliphatic carbocycles. The molecule has 1 amide bonds. The standard InChI is InChI=1S/C5H5N3O2/c9-5(8-1-2-8)4-3-6-10-7-4/h3H,1-2H2. The van der Waals surface area contributed by atoms with Gasteiger partial charge in [-0.05, 0) is 5.16 Å². The summed E-state index contributed by atoms with van der Waals surface area (Å²) in [6.45, 7) is 1.65. The second kappa shape index (κ2) is 1.80. The van der Waals surface area contributed by atoms with Crippen LogP contribution in [-0.4, -0.2) is 34.2 Å². The van der Waals surface area contributed by atoms with Crippen LogP contribution in [0.25, 0.3) is 0 Å². The number of carbonyl (C=O) groups is 1. The zero-order valence-electron chi connectivity index (χ0n) is 5.15. The van der Waals surface area contributed by atoms with E-state index < -0.39 is 0 Å². The van der Waals surface area contributed by atoms with Gasteiger partial charge in [0.25, 0.3) is 5.91 Å². The number of hydrogen-bond acceptors (Lipinski definition) is 4. The second-order valence-corrected chi connectivity index (χ2v) is 2.08. The summed E-state index contributed by atoms with van der Waals surface area (Å²) in [4.78, 5) is 12.7. The van der Waals surface area contributed by atoms with Crippen molar-refractivity contribution in [1.29, 1.82) is 0 Å². The summed E-state index contributed by atoms with van der Waals surface area (Å²) in [6, 6.07) is 0. The minimum atomic E-state index is -0.0961. The van der Waals surface area contributed by atoms with Crippen molar-refractivity contribution >= 4 is 5.91 Å². The molecule has 0 saturated carbocycles. The van der Waals surface area contributed by atoms with Crippen molar-refractivity contribution in [3.63, 3.8) is 0 Å². The highest BCUT2D eigenvalue weighted by atomic mass is 16.6. The van der Waals surface area contributed by atoms with Crippen LogP contribution in [0.4, 0.5) is 0 Å². The van der Waals surface area contributed by atoms with Gasteiger partial charge in [-0.3, -0.25) is 4.79 Å². The molecule has 0 atom stereocenters. The molecule has 0 radical (unpaired) electrons. The highest BCUT2D eigenvalue weighted by molar-refractivity contribution is 5.93. The molecule has 2 heterocycles. The molecule has 5 nitrogen and oxygen atoms in total. The lowest BCUT2D eigenvalue weighted by atomic mass is 10.4. The van der Waals surface area contributed by atoms with Crippen LogP contribution in [0, 0.1) is 0 Å². The quantitative estimate of drug-likeness (QED) is 0.493. The number of carbonyl (C=O) groups excluding carboxylic acids is 1. The first kappa shape index (κ1) is 5.40. The molecular weight excluding hydrogens is 134 g/mol. The Kier molecular flexibility index (Phi) is 0.969. The lowest BCUT2D eigenvalue weighted by molar-refractivity contribution is 0.0875. The van der Waals surface area contributed by atoms with Gasteiger partial charge in [-0.25, -0.2) is 4.63 Å². The summed E-state index contributed by atoms with van der Waals surface area (Å²) in [7, 11) is 0. The van der Waals surface area contributed by atoms with Crippen LogP contribution in [0.5, 0.6) is 0 Å². The van der Waals surface area contributed by atoms with Crippen LogP contribution < -0.4 is 0 Å². The van der Waals surface area contributed by atoms with Crippen molar-refractivity contribution in [3.05, 3.63) is 11.9 Å². The van der Waals surface area contributed by atoms with Crippen molar-refractivity contribution in [1.82, 2.24) is 15.2 Å². The van der Waals surface area contributed by atoms with Crippen molar-refractivity contribution in [2.75, 3.05) is 13.1 Å². The van der Waals surface area contributed by atoms with Crippen molar-refractivity contribution in [2.24, 2.45) is 0 Å². The van der Waals surface area contributed by atoms with E-state index in [2.05, 4.69) is 14.9 Å². The molecule has 0 N–H and O–H groups in total. The van der Waals surface area contributed by atoms with Gasteiger partial charge in [-0.15, -0.1) is 0 Å². The van der Waals surface area contributed by atoms with E-state index >= 15 is 0 Å². The van der Waals surface area contributed by atoms with Gasteiger partial charge in [-0.2, -0.15) is 0 Å². The first-order chi connectivity index (χ1) is 4.88. The van der Waals surface area contributed by atoms with Crippen molar-refractivity contribution in [2.45, 2.75) is 0 Å². The van der Waals surface area contributed by atoms with E-state index in [1.165, 1.54) is 6.20 Å². The zero-order chi connectivity index (χ0) is 6.97. The molecule has 1 aromatic heterocycles. The summed E-state index contributed by atoms with van der Waals surface area (Å²) in [6.07, 6.45) is 1.32. The minimum absolute atomic E-state index is 0.0961. The molecule has 1 aromatic rings. The lowest BCUT2D eigenvalue weighted by Crippen LogP contribution is -2.10. The maximum atomic E-state index is 11.0. The Bertz CT molecular complexity index is 239. The molecule has 2 rings (SSSR count). The van der Waals surface area contributed by atoms with Crippen LogP contribution in [0.3, 0.4) is 0 Å². The van der Waals surface area contributed by atoms with Crippen molar-refractivity contribution in [3.8, 4) is 0 Å². The Morgan fingerprint density at radius 2 is 2.50 bits per heavy atom. The molecule has 0 spiro atoms. The average Bonchev–Trinajstić information content (AvgIpc) is 2.65. The van der Waals surface area contributed by atoms with Crippen molar-refractivity contribution < 1.29 is 9.42 Å². The third-order valence-corrected chi connectivity index (χ3v) is 1.31. The fraction of sp³-hybridized carbons (Fsp3) is 0.400. The third-order valence-electron chi connectivity index (χ3n) is 1.31. The molecule has 52 valence electrons. The van der Waals surface area contributed by atoms with Crippen LogP contribution in [0.2, 0.25) is 0 Å². The lowest BCUT2D eigenvalue weighted by Gasteiger charge is -1.91. The topological polar surface area (TPSA) is 59.0 Å². The Labute approximate surface area is 56.6 Å². The van der Waals surface area contributed by atoms with E-state index in [9.17, 15) is 4.79 Å². The highest BCUT2D eigenvalue weighted by Gasteiger charge is 2.27. The number of hydrogen-bond donors (Lipinski definition) is 0. The number of amides is 1. The van der Waals surface area contributed by atoms with E-state index in [4.69, 9.17) is 0 Å². The summed E-state index contributed by atoms with van der Waals surface area (Å²) in [5.41, 5.74) is 0.289. The molecule has 5 heteroatoms. The maximum Gasteiger partial charge on any atom is 0.277 e. The van der Waals surface area contributed by atoms with E-state index in [1.54, 1.807) is 4.90 Å². The summed E-state index contributed by atoms with van der Waals surface area (Å²) < 4.78 is 4.27. The Hall–Kier alpha value is -1.39. The monoisotopic (exact) mass is 139 g/mol. The first-order valence-corrected chi connectivity index (χ1v) is 2.95. The largest absolute Gasteiger partial charge is 0.334 e. The average molecular weight is 139 g/mol. The van der Waals surface area contributed by atoms with Crippen LogP contribution in [0.1, 0.15) is 10.5 Å². The van der Waals surface area contributed by atoms with E-state index in [1.807, 2.05) is 0 Å². The minimum Gasteiger partial charge on any atom is -0.334 e. The third kappa shape index (κ3) is 0.754. The van der Waals surface area contributed by atoms with Gasteiger partial charge >= 0.3 is 0 Å². The van der Waals surface area contributed by atoms with Gasteiger partial charge in [0.15, 0.2) is 5.69 Å². The summed E-state index contributed by atoms with van der Waals surface area (Å²) in [5.74, 6) is -0.0961. The fourth-order valence-electron chi connectivity index (χ4n) is 0.674. The molecule has 10 heavy (non-hydrogen) atoms. The fourth-order valence-corrected chi connectivity index (χ4v) is 0.674. The molecule has 1 aliphatic rings. The molecule has 0 unspecified atom stereocenters. The Morgan fingerprint density at radius 1 is 1.70 bits per heavy atom. The van der Waals surface area contributed by atoms with Crippen LogP contribution in [-0.2, 0) is 0 Å². The summed E-state index contributed by atoms with van der Waals surface area (Å²) in [5, 5.41) is 6.72. The molecule has 0 aromatic carbocycles. The molecule has 1 fully saturated rings. The predicted molar refractivity (Wildman–Crippen MR) is 30.2 cm³/mol. The number of rotatable bonds is 1. The zero-order valence-corrected chi connectivity index (χ0v) is 5.15. The van der Waals surface area contributed by atoms with Gasteiger partial charge < -0.3 is 4.90 Å². The van der Waals surface area contributed by atoms with Gasteiger partial charge in [0.1, 0.15) is 6.20 Å². The predicted octanol–water partition coefficient (Wildman–Crippen LogP) is -0.475. The Morgan fingerprint density at radius 3 is 3.00 bits per heavy atom. The van der Waals surface area contributed by atoms with Gasteiger partial charge in [0.05, 0.1) is 0 Å². The Balaban J connectivity index is 2.19. The molecule has 0 bridgehead atoms. The van der Waals surface area contributed by atoms with Gasteiger partial charge in [0, 0.05) is 13.1 Å². The molecule has 1 saturated heterocycles. The van der Waals surface area contributed by atoms with Crippen LogP contribution in [0.15, 0.2) is 10.8 Å². The van der Waals surface area contributed by atoms with E-state index in [-0.39, 0.29) is 11.6 Å². The normalized spacial score (nSPS) is 15.4. The van der Waals surface area contributed by atoms with E-state index in [0.717, 1.165) is 13.1 Å². The highest BCUT2D eigenvalue weighted by Crippen LogP contribution is 2.08. The second-order valence-electron chi connectivity index (χ2n) is 2.08. The van der Waals surface area contributed by atoms with Gasteiger partial charge in [0.2, 0.25) is 0 Å². The maximum absolute atomic E-state index is 11.0. The molecule has 1 aliphatic heterocycles. The van der Waals surface area contributed by atoms with Crippen LogP contribution >= 0.6 is 0 Å². The number of nitrogens with zero attached hydrogens (tertiary/aromatic N) is 3. The number of aromatic nitrogens is 2. The van der Waals surface area contributed by atoms with E-state index in [0.29, 0.717) is 0 Å². The molecular formula is C5H5N3O2. The van der Waals surface area contributed by atoms with Gasteiger partial charge in [-0.1, -0.05) is 5.16 Å². The summed E-state index contributed by atoms with van der Waals surface area (Å²) >= 11 is 0.